The van der Waals surface area contributed by atoms with E-state index in [1.54, 1.807) is 7.11 Å². The van der Waals surface area contributed by atoms with Gasteiger partial charge < -0.3 is 15.2 Å². The average molecular weight is 257 g/mol. The second-order valence-corrected chi connectivity index (χ2v) is 4.51. The lowest BCUT2D eigenvalue weighted by Crippen LogP contribution is -2.19. The Morgan fingerprint density at radius 1 is 1.05 bits per heavy atom. The van der Waals surface area contributed by atoms with Gasteiger partial charge in [0, 0.05) is 0 Å². The highest BCUT2D eigenvalue weighted by molar-refractivity contribution is 5.31. The van der Waals surface area contributed by atoms with E-state index in [4.69, 9.17) is 15.2 Å². The van der Waals surface area contributed by atoms with Crippen molar-refractivity contribution >= 4 is 0 Å². The lowest BCUT2D eigenvalue weighted by Gasteiger charge is -2.14. The molecule has 100 valence electrons. The maximum absolute atomic E-state index is 6.12. The average Bonchev–Trinajstić information content (AvgIpc) is 2.46. The predicted octanol–water partition coefficient (Wildman–Crippen LogP) is 3.08. The van der Waals surface area contributed by atoms with Crippen molar-refractivity contribution < 1.29 is 9.47 Å². The topological polar surface area (TPSA) is 44.5 Å². The van der Waals surface area contributed by atoms with E-state index < -0.39 is 0 Å². The van der Waals surface area contributed by atoms with E-state index in [-0.39, 0.29) is 6.04 Å². The zero-order valence-corrected chi connectivity index (χ0v) is 11.3. The van der Waals surface area contributed by atoms with Crippen LogP contribution >= 0.6 is 0 Å². The van der Waals surface area contributed by atoms with Crippen LogP contribution in [0.1, 0.15) is 17.2 Å². The quantitative estimate of drug-likeness (QED) is 0.895. The van der Waals surface area contributed by atoms with Crippen LogP contribution in [0.5, 0.6) is 11.5 Å². The Kier molecular flexibility index (Phi) is 4.42. The molecule has 19 heavy (non-hydrogen) atoms. The summed E-state index contributed by atoms with van der Waals surface area (Å²) in [5.41, 5.74) is 8.33. The van der Waals surface area contributed by atoms with Crippen molar-refractivity contribution in [3.05, 3.63) is 59.7 Å². The third-order valence-electron chi connectivity index (χ3n) is 2.97. The second kappa shape index (κ2) is 6.25. The molecule has 1 unspecified atom stereocenters. The van der Waals surface area contributed by atoms with Gasteiger partial charge in [0.15, 0.2) is 0 Å². The van der Waals surface area contributed by atoms with Crippen LogP contribution in [-0.4, -0.2) is 13.7 Å². The fourth-order valence-corrected chi connectivity index (χ4v) is 1.79. The summed E-state index contributed by atoms with van der Waals surface area (Å²) in [6.45, 7) is 2.49. The number of hydrogen-bond donors (Lipinski definition) is 1. The zero-order chi connectivity index (χ0) is 13.7. The minimum atomic E-state index is -0.170. The Morgan fingerprint density at radius 2 is 1.79 bits per heavy atom. The summed E-state index contributed by atoms with van der Waals surface area (Å²) >= 11 is 0. The van der Waals surface area contributed by atoms with Crippen LogP contribution in [0.4, 0.5) is 0 Å². The van der Waals surface area contributed by atoms with Crippen LogP contribution in [0.15, 0.2) is 48.5 Å². The smallest absolute Gasteiger partial charge is 0.119 e. The van der Waals surface area contributed by atoms with Crippen molar-refractivity contribution in [3.8, 4) is 11.5 Å². The number of hydrogen-bond acceptors (Lipinski definition) is 3. The molecular formula is C16H19NO2. The molecule has 0 radical (unpaired) electrons. The molecular weight excluding hydrogens is 238 g/mol. The molecule has 2 rings (SSSR count). The van der Waals surface area contributed by atoms with Crippen LogP contribution in [0.2, 0.25) is 0 Å². The molecule has 0 amide bonds. The molecule has 2 aromatic rings. The fourth-order valence-electron chi connectivity index (χ4n) is 1.79. The molecule has 0 saturated heterocycles. The summed E-state index contributed by atoms with van der Waals surface area (Å²) in [7, 11) is 1.65. The van der Waals surface area contributed by atoms with E-state index in [0.717, 1.165) is 17.1 Å². The molecule has 0 aliphatic carbocycles. The predicted molar refractivity (Wildman–Crippen MR) is 76.6 cm³/mol. The summed E-state index contributed by atoms with van der Waals surface area (Å²) in [5.74, 6) is 1.65. The Labute approximate surface area is 114 Å². The van der Waals surface area contributed by atoms with Crippen LogP contribution in [0.25, 0.3) is 0 Å². The van der Waals surface area contributed by atoms with Gasteiger partial charge in [0.1, 0.15) is 18.1 Å². The lowest BCUT2D eigenvalue weighted by atomic mass is 10.1. The Morgan fingerprint density at radius 3 is 2.47 bits per heavy atom. The van der Waals surface area contributed by atoms with Crippen molar-refractivity contribution in [1.82, 2.24) is 0 Å². The molecule has 2 aromatic carbocycles. The van der Waals surface area contributed by atoms with Gasteiger partial charge in [-0.1, -0.05) is 29.8 Å². The normalized spacial score (nSPS) is 11.9. The number of methoxy groups -OCH3 is 1. The molecule has 0 aromatic heterocycles. The highest BCUT2D eigenvalue weighted by Crippen LogP contribution is 2.19. The highest BCUT2D eigenvalue weighted by Gasteiger charge is 2.07. The molecule has 0 aliphatic rings. The van der Waals surface area contributed by atoms with Gasteiger partial charge in [0.05, 0.1) is 13.2 Å². The summed E-state index contributed by atoms with van der Waals surface area (Å²) in [4.78, 5) is 0. The molecule has 1 atom stereocenters. The third-order valence-corrected chi connectivity index (χ3v) is 2.97. The van der Waals surface area contributed by atoms with Gasteiger partial charge in [0.25, 0.3) is 0 Å². The molecule has 0 spiro atoms. The molecule has 3 nitrogen and oxygen atoms in total. The molecule has 0 saturated carbocycles. The van der Waals surface area contributed by atoms with E-state index in [1.807, 2.05) is 55.5 Å². The lowest BCUT2D eigenvalue weighted by molar-refractivity contribution is 0.290. The van der Waals surface area contributed by atoms with Crippen molar-refractivity contribution in [2.45, 2.75) is 13.0 Å². The standard InChI is InChI=1S/C16H19NO2/c1-12-6-8-14(9-7-12)19-11-16(17)13-4-3-5-15(10-13)18-2/h3-10,16H,11,17H2,1-2H3. The van der Waals surface area contributed by atoms with Crippen molar-refractivity contribution in [2.24, 2.45) is 5.73 Å². The Hall–Kier alpha value is -2.00. The summed E-state index contributed by atoms with van der Waals surface area (Å²) < 4.78 is 10.9. The Balaban J connectivity index is 1.96. The SMILES string of the molecule is COc1cccc(C(N)COc2ccc(C)cc2)c1. The summed E-state index contributed by atoms with van der Waals surface area (Å²) in [5, 5.41) is 0. The summed E-state index contributed by atoms with van der Waals surface area (Å²) in [6, 6.07) is 15.5. The number of rotatable bonds is 5. The van der Waals surface area contributed by atoms with Crippen molar-refractivity contribution in [3.63, 3.8) is 0 Å². The highest BCUT2D eigenvalue weighted by atomic mass is 16.5. The van der Waals surface area contributed by atoms with Gasteiger partial charge in [-0.25, -0.2) is 0 Å². The first-order valence-corrected chi connectivity index (χ1v) is 6.28. The van der Waals surface area contributed by atoms with Gasteiger partial charge in [0.2, 0.25) is 0 Å². The fraction of sp³-hybridized carbons (Fsp3) is 0.250. The molecule has 0 heterocycles. The van der Waals surface area contributed by atoms with Gasteiger partial charge in [-0.15, -0.1) is 0 Å². The van der Waals surface area contributed by atoms with Crippen molar-refractivity contribution in [1.29, 1.82) is 0 Å². The third kappa shape index (κ3) is 3.73. The monoisotopic (exact) mass is 257 g/mol. The maximum atomic E-state index is 6.12. The van der Waals surface area contributed by atoms with E-state index >= 15 is 0 Å². The van der Waals surface area contributed by atoms with Crippen LogP contribution in [0, 0.1) is 6.92 Å². The van der Waals surface area contributed by atoms with Gasteiger partial charge in [-0.3, -0.25) is 0 Å². The molecule has 3 heteroatoms. The van der Waals surface area contributed by atoms with Gasteiger partial charge in [-0.05, 0) is 36.8 Å². The van der Waals surface area contributed by atoms with Gasteiger partial charge in [-0.2, -0.15) is 0 Å². The van der Waals surface area contributed by atoms with Crippen LogP contribution < -0.4 is 15.2 Å². The van der Waals surface area contributed by atoms with E-state index in [2.05, 4.69) is 0 Å². The molecule has 2 N–H and O–H groups in total. The first-order valence-electron chi connectivity index (χ1n) is 6.28. The second-order valence-electron chi connectivity index (χ2n) is 4.51. The zero-order valence-electron chi connectivity index (χ0n) is 11.3. The van der Waals surface area contributed by atoms with Crippen LogP contribution in [-0.2, 0) is 0 Å². The van der Waals surface area contributed by atoms with Gasteiger partial charge >= 0.3 is 0 Å². The first-order chi connectivity index (χ1) is 9.19. The minimum Gasteiger partial charge on any atom is -0.497 e. The molecule has 0 bridgehead atoms. The maximum Gasteiger partial charge on any atom is 0.119 e. The number of nitrogens with two attached hydrogens (primary N) is 1. The van der Waals surface area contributed by atoms with Crippen molar-refractivity contribution in [2.75, 3.05) is 13.7 Å². The minimum absolute atomic E-state index is 0.170. The van der Waals surface area contributed by atoms with E-state index in [9.17, 15) is 0 Å². The largest absolute Gasteiger partial charge is 0.497 e. The Bertz CT molecular complexity index is 523. The van der Waals surface area contributed by atoms with E-state index in [1.165, 1.54) is 5.56 Å². The van der Waals surface area contributed by atoms with E-state index in [0.29, 0.717) is 6.61 Å². The first kappa shape index (κ1) is 13.4. The molecule has 0 aliphatic heterocycles. The summed E-state index contributed by atoms with van der Waals surface area (Å²) in [6.07, 6.45) is 0. The number of ether oxygens (including phenoxy) is 2. The number of benzene rings is 2. The van der Waals surface area contributed by atoms with Crippen LogP contribution in [0.3, 0.4) is 0 Å². The number of aryl methyl sites for hydroxylation is 1. The molecule has 0 fully saturated rings.